The molecule has 82 valence electrons. The Morgan fingerprint density at radius 2 is 2.08 bits per heavy atom. The number of hydrogen-bond acceptors (Lipinski definition) is 2. The second-order valence-electron chi connectivity index (χ2n) is 2.66. The van der Waals surface area contributed by atoms with Gasteiger partial charge in [0.1, 0.15) is 0 Å². The number of allylic oxidation sites excluding steroid dienone is 2. The van der Waals surface area contributed by atoms with E-state index in [2.05, 4.69) is 11.4 Å². The Morgan fingerprint density at radius 1 is 1.46 bits per heavy atom. The molecule has 3 nitrogen and oxygen atoms in total. The number of amides is 1. The van der Waals surface area contributed by atoms with E-state index in [0.717, 1.165) is 18.5 Å². The summed E-state index contributed by atoms with van der Waals surface area (Å²) in [6.07, 6.45) is 6.76. The van der Waals surface area contributed by atoms with Crippen molar-refractivity contribution in [3.05, 3.63) is 11.8 Å². The summed E-state index contributed by atoms with van der Waals surface area (Å²) in [7, 11) is 0. The first kappa shape index (κ1) is 14.7. The first-order valence-electron chi connectivity index (χ1n) is 4.75. The lowest BCUT2D eigenvalue weighted by Gasteiger charge is -2.11. The van der Waals surface area contributed by atoms with Crippen molar-refractivity contribution in [3.63, 3.8) is 0 Å². The van der Waals surface area contributed by atoms with Gasteiger partial charge < -0.3 is 11.5 Å². The highest BCUT2D eigenvalue weighted by Gasteiger charge is 2.03. The molecule has 1 aliphatic rings. The highest BCUT2D eigenvalue weighted by atomic mass is 16.1. The van der Waals surface area contributed by atoms with Gasteiger partial charge in [-0.05, 0) is 25.7 Å². The molecule has 0 atom stereocenters. The predicted molar refractivity (Wildman–Crippen MR) is 61.0 cm³/mol. The first-order chi connectivity index (χ1) is 5.79. The average molecular weight is 190 g/mol. The molecule has 0 aliphatic heterocycles. The normalized spacial score (nSPS) is 14.2. The molecule has 0 saturated carbocycles. The molecule has 0 spiro atoms. The third kappa shape index (κ3) is 7.53. The topological polar surface area (TPSA) is 64.1 Å². The molecule has 1 aliphatic carbocycles. The fraction of sp³-hybridized carbons (Fsp3) is 0.700. The summed E-state index contributed by atoms with van der Waals surface area (Å²) in [5.74, 6) is 0.0492. The van der Waals surface area contributed by atoms with Gasteiger partial charge in [-0.1, -0.05) is 19.9 Å². The maximum Gasteiger partial charge on any atom is 0.220 e. The summed E-state index contributed by atoms with van der Waals surface area (Å²) in [5.41, 5.74) is 1.11. The van der Waals surface area contributed by atoms with Crippen molar-refractivity contribution < 1.29 is 7.65 Å². The lowest BCUT2D eigenvalue weighted by molar-refractivity contribution is -0.118. The van der Waals surface area contributed by atoms with Gasteiger partial charge in [0.25, 0.3) is 0 Å². The molecule has 0 aromatic carbocycles. The van der Waals surface area contributed by atoms with E-state index < -0.39 is 0 Å². The summed E-state index contributed by atoms with van der Waals surface area (Å²) in [5, 5.41) is 2.80. The van der Waals surface area contributed by atoms with Crippen LogP contribution < -0.4 is 11.5 Å². The molecule has 0 saturated heterocycles. The molecular weight excluding hydrogens is 164 g/mol. The molecule has 0 radical (unpaired) electrons. The maximum atomic E-state index is 10.6. The number of carbonyl (C=O) groups is 1. The summed E-state index contributed by atoms with van der Waals surface area (Å²) in [6.45, 7) is 5.55. The van der Waals surface area contributed by atoms with Gasteiger partial charge in [-0.15, -0.1) is 0 Å². The maximum absolute atomic E-state index is 10.6. The monoisotopic (exact) mass is 190 g/mol. The third-order valence-corrected chi connectivity index (χ3v) is 1.63. The van der Waals surface area contributed by atoms with Crippen LogP contribution in [0.3, 0.4) is 0 Å². The van der Waals surface area contributed by atoms with Crippen molar-refractivity contribution in [2.45, 2.75) is 46.5 Å². The second-order valence-corrected chi connectivity index (χ2v) is 2.66. The van der Waals surface area contributed by atoms with Gasteiger partial charge in [-0.25, -0.2) is 0 Å². The van der Waals surface area contributed by atoms with Crippen LogP contribution in [-0.2, 0) is 4.79 Å². The van der Waals surface area contributed by atoms with Gasteiger partial charge in [0.2, 0.25) is 5.91 Å². The van der Waals surface area contributed by atoms with Crippen LogP contribution in [0.2, 0.25) is 0 Å². The molecule has 1 rings (SSSR count). The first-order valence-corrected chi connectivity index (χ1v) is 4.75. The molecule has 0 bridgehead atoms. The summed E-state index contributed by atoms with van der Waals surface area (Å²) in [6, 6.07) is 0. The molecule has 0 aromatic heterocycles. The van der Waals surface area contributed by atoms with Crippen LogP contribution in [0.25, 0.3) is 0 Å². The van der Waals surface area contributed by atoms with Crippen molar-refractivity contribution >= 4 is 5.91 Å². The van der Waals surface area contributed by atoms with Gasteiger partial charge in [0.15, 0.2) is 0 Å². The Morgan fingerprint density at radius 3 is 2.46 bits per heavy atom. The van der Waals surface area contributed by atoms with E-state index in [1.54, 1.807) is 6.92 Å². The van der Waals surface area contributed by atoms with Crippen LogP contribution >= 0.6 is 0 Å². The van der Waals surface area contributed by atoms with Gasteiger partial charge in [0.05, 0.1) is 0 Å². The zero-order valence-electron chi connectivity index (χ0n) is 9.02. The largest absolute Gasteiger partial charge is 0.344 e. The van der Waals surface area contributed by atoms with Crippen molar-refractivity contribution in [2.75, 3.05) is 0 Å². The van der Waals surface area contributed by atoms with Crippen LogP contribution in [0.1, 0.15) is 49.3 Å². The molecule has 13 heavy (non-hydrogen) atoms. The van der Waals surface area contributed by atoms with Crippen LogP contribution in [0.5, 0.6) is 0 Å². The lowest BCUT2D eigenvalue weighted by Crippen LogP contribution is -2.20. The van der Waals surface area contributed by atoms with Gasteiger partial charge in [-0.3, -0.25) is 4.79 Å². The van der Waals surface area contributed by atoms with E-state index >= 15 is 0 Å². The molecule has 1 amide bonds. The quantitative estimate of drug-likeness (QED) is 0.666. The van der Waals surface area contributed by atoms with Crippen LogP contribution in [0.15, 0.2) is 11.8 Å². The summed E-state index contributed by atoms with van der Waals surface area (Å²) < 4.78 is 0. The SMILES string of the molecule is CC.CC(=O)NC1=CCCCC1.N.[HH].[HH]. The molecular formula is C10H26N2O. The average Bonchev–Trinajstić information content (AvgIpc) is 2.08. The van der Waals surface area contributed by atoms with Crippen molar-refractivity contribution in [2.24, 2.45) is 0 Å². The molecule has 0 aromatic rings. The van der Waals surface area contributed by atoms with Gasteiger partial charge >= 0.3 is 0 Å². The van der Waals surface area contributed by atoms with Crippen molar-refractivity contribution in [3.8, 4) is 0 Å². The van der Waals surface area contributed by atoms with E-state index in [1.165, 1.54) is 12.8 Å². The van der Waals surface area contributed by atoms with E-state index in [4.69, 9.17) is 0 Å². The minimum atomic E-state index is 0. The number of rotatable bonds is 1. The molecule has 4 N–H and O–H groups in total. The number of carbonyl (C=O) groups excluding carboxylic acids is 1. The van der Waals surface area contributed by atoms with Gasteiger partial charge in [0, 0.05) is 15.5 Å². The molecule has 0 unspecified atom stereocenters. The van der Waals surface area contributed by atoms with Crippen molar-refractivity contribution in [1.82, 2.24) is 11.5 Å². The Labute approximate surface area is 84.2 Å². The number of hydrogen-bond donors (Lipinski definition) is 2. The second kappa shape index (κ2) is 9.26. The Balaban J connectivity index is -0.000000114. The van der Waals surface area contributed by atoms with Gasteiger partial charge in [-0.2, -0.15) is 0 Å². The minimum Gasteiger partial charge on any atom is -0.344 e. The minimum absolute atomic E-state index is 0. The van der Waals surface area contributed by atoms with Crippen LogP contribution in [0, 0.1) is 0 Å². The van der Waals surface area contributed by atoms with E-state index in [1.807, 2.05) is 13.8 Å². The number of nitrogens with one attached hydrogen (secondary N) is 1. The molecule has 0 heterocycles. The van der Waals surface area contributed by atoms with Crippen LogP contribution in [0.4, 0.5) is 0 Å². The van der Waals surface area contributed by atoms with E-state index in [9.17, 15) is 4.79 Å². The Hall–Kier alpha value is -0.830. The highest BCUT2D eigenvalue weighted by molar-refractivity contribution is 5.74. The van der Waals surface area contributed by atoms with Crippen molar-refractivity contribution in [1.29, 1.82) is 0 Å². The van der Waals surface area contributed by atoms with E-state index in [-0.39, 0.29) is 14.9 Å². The zero-order chi connectivity index (χ0) is 9.40. The van der Waals surface area contributed by atoms with Crippen LogP contribution in [-0.4, -0.2) is 5.91 Å². The zero-order valence-corrected chi connectivity index (χ0v) is 9.02. The third-order valence-electron chi connectivity index (χ3n) is 1.63. The van der Waals surface area contributed by atoms with E-state index in [0.29, 0.717) is 0 Å². The molecule has 3 heteroatoms. The predicted octanol–water partition coefficient (Wildman–Crippen LogP) is 3.26. The lowest BCUT2D eigenvalue weighted by atomic mass is 10.1. The standard InChI is InChI=1S/C8H13NO.C2H6.H3N.2H2/c1-7(10)9-8-5-3-2-4-6-8;1-2;;;/h5H,2-4,6H2,1H3,(H,9,10);1-2H3;1H3;2*1H. The summed E-state index contributed by atoms with van der Waals surface area (Å²) in [4.78, 5) is 10.6. The Kier molecular flexibility index (Phi) is 10.5. The smallest absolute Gasteiger partial charge is 0.220 e. The fourth-order valence-corrected chi connectivity index (χ4v) is 1.18. The highest BCUT2D eigenvalue weighted by Crippen LogP contribution is 2.14. The fourth-order valence-electron chi connectivity index (χ4n) is 1.18. The Bertz CT molecular complexity index is 173. The summed E-state index contributed by atoms with van der Waals surface area (Å²) >= 11 is 0. The molecule has 0 fully saturated rings.